The molecule has 0 amide bonds. The molecule has 1 unspecified atom stereocenters. The Kier molecular flexibility index (Phi) is 7.13. The van der Waals surface area contributed by atoms with Crippen LogP contribution in [0.5, 0.6) is 0 Å². The second kappa shape index (κ2) is 10.1. The average molecular weight is 493 g/mol. The maximum absolute atomic E-state index is 14.7. The number of hydrogen-bond acceptors (Lipinski definition) is 8. The van der Waals surface area contributed by atoms with E-state index in [-0.39, 0.29) is 30.7 Å². The van der Waals surface area contributed by atoms with E-state index in [0.29, 0.717) is 25.1 Å². The number of nitrogens with two attached hydrogens (primary N) is 1. The lowest BCUT2D eigenvalue weighted by molar-refractivity contribution is -0.118. The van der Waals surface area contributed by atoms with Crippen molar-refractivity contribution in [3.8, 4) is 0 Å². The summed E-state index contributed by atoms with van der Waals surface area (Å²) >= 11 is 0. The second-order valence-electron chi connectivity index (χ2n) is 8.55. The molecular formula is C23H27F3N6O3. The Morgan fingerprint density at radius 3 is 2.77 bits per heavy atom. The minimum Gasteiger partial charge on any atom is -0.473 e. The lowest BCUT2D eigenvalue weighted by Gasteiger charge is -2.32. The van der Waals surface area contributed by atoms with Crippen molar-refractivity contribution in [3.05, 3.63) is 69.7 Å². The van der Waals surface area contributed by atoms with E-state index in [4.69, 9.17) is 20.6 Å². The molecule has 0 bridgehead atoms. The Balaban J connectivity index is 1.37. The Morgan fingerprint density at radius 1 is 1.34 bits per heavy atom. The molecule has 3 heterocycles. The number of ether oxygens (including phenoxy) is 2. The summed E-state index contributed by atoms with van der Waals surface area (Å²) in [5.74, 6) is -3.63. The highest BCUT2D eigenvalue weighted by atomic mass is 19.3. The standard InChI is InChI=1S/C23H27F3N6O3/c1-29-18-12-31(8-6-17(18)20(28)34-13-14-2-4-15(24)5-3-14)11-16-10-23(25,26)21(35-16)32-9-7-19(27)30-22(32)33/h2-5,7,9,16,21,28-29H,6,8,10-13H2,1H3,(H2,27,30,33)/t16?,21-/m1/s1. The first-order chi connectivity index (χ1) is 16.7. The van der Waals surface area contributed by atoms with Crippen LogP contribution in [0.1, 0.15) is 24.6 Å². The molecular weight excluding hydrogens is 465 g/mol. The van der Waals surface area contributed by atoms with Gasteiger partial charge in [0.1, 0.15) is 18.2 Å². The molecule has 1 aromatic heterocycles. The van der Waals surface area contributed by atoms with Crippen molar-refractivity contribution in [2.75, 3.05) is 32.4 Å². The van der Waals surface area contributed by atoms with Gasteiger partial charge in [0.2, 0.25) is 12.1 Å². The van der Waals surface area contributed by atoms with Gasteiger partial charge in [-0.3, -0.25) is 14.9 Å². The highest BCUT2D eigenvalue weighted by Gasteiger charge is 2.52. The van der Waals surface area contributed by atoms with Crippen molar-refractivity contribution in [3.63, 3.8) is 0 Å². The van der Waals surface area contributed by atoms with Crippen LogP contribution in [0.4, 0.5) is 19.0 Å². The topological polar surface area (TPSA) is 118 Å². The number of nitrogens with zero attached hydrogens (tertiary/aromatic N) is 3. The molecule has 0 spiro atoms. The van der Waals surface area contributed by atoms with Crippen molar-refractivity contribution in [2.45, 2.75) is 37.7 Å². The normalized spacial score (nSPS) is 22.3. The molecule has 2 aliphatic rings. The van der Waals surface area contributed by atoms with Gasteiger partial charge in [0.15, 0.2) is 0 Å². The molecule has 2 aromatic rings. The second-order valence-corrected chi connectivity index (χ2v) is 8.55. The summed E-state index contributed by atoms with van der Waals surface area (Å²) in [6.45, 7) is 1.27. The van der Waals surface area contributed by atoms with Crippen molar-refractivity contribution in [1.82, 2.24) is 19.8 Å². The third-order valence-corrected chi connectivity index (χ3v) is 6.04. The largest absolute Gasteiger partial charge is 0.473 e. The SMILES string of the molecule is CNC1=C(C(=N)OCc2ccc(F)cc2)CCN(CC2CC(F)(F)[C@H](n3ccc(N)nc3=O)O2)C1. The number of hydrogen-bond donors (Lipinski definition) is 3. The predicted octanol–water partition coefficient (Wildman–Crippen LogP) is 2.26. The molecule has 4 N–H and O–H groups in total. The summed E-state index contributed by atoms with van der Waals surface area (Å²) in [5, 5.41) is 11.4. The van der Waals surface area contributed by atoms with E-state index in [1.807, 2.05) is 4.90 Å². The summed E-state index contributed by atoms with van der Waals surface area (Å²) in [6, 6.07) is 7.13. The van der Waals surface area contributed by atoms with Crippen molar-refractivity contribution in [2.24, 2.45) is 0 Å². The highest BCUT2D eigenvalue weighted by Crippen LogP contribution is 2.42. The number of halogens is 3. The lowest BCUT2D eigenvalue weighted by Crippen LogP contribution is -2.41. The molecule has 2 atom stereocenters. The Bertz CT molecular complexity index is 1170. The zero-order chi connectivity index (χ0) is 25.2. The fourth-order valence-electron chi connectivity index (χ4n) is 4.28. The number of aromatic nitrogens is 2. The number of likely N-dealkylation sites (N-methyl/N-ethyl adjacent to an activating group) is 1. The number of nitrogen functional groups attached to an aromatic ring is 1. The van der Waals surface area contributed by atoms with Crippen molar-refractivity contribution >= 4 is 11.7 Å². The van der Waals surface area contributed by atoms with Gasteiger partial charge in [-0.2, -0.15) is 4.98 Å². The van der Waals surface area contributed by atoms with E-state index >= 15 is 0 Å². The van der Waals surface area contributed by atoms with E-state index in [1.54, 1.807) is 19.2 Å². The van der Waals surface area contributed by atoms with Gasteiger partial charge in [0, 0.05) is 50.6 Å². The molecule has 1 saturated heterocycles. The van der Waals surface area contributed by atoms with Gasteiger partial charge < -0.3 is 20.5 Å². The monoisotopic (exact) mass is 492 g/mol. The quantitative estimate of drug-likeness (QED) is 0.401. The Morgan fingerprint density at radius 2 is 2.09 bits per heavy atom. The average Bonchev–Trinajstić information content (AvgIpc) is 3.11. The number of rotatable bonds is 7. The van der Waals surface area contributed by atoms with Crippen LogP contribution < -0.4 is 16.7 Å². The summed E-state index contributed by atoms with van der Waals surface area (Å²) in [4.78, 5) is 17.5. The minimum absolute atomic E-state index is 0.0114. The molecule has 0 radical (unpaired) electrons. The zero-order valence-corrected chi connectivity index (χ0v) is 19.1. The molecule has 0 saturated carbocycles. The highest BCUT2D eigenvalue weighted by molar-refractivity contribution is 5.92. The van der Waals surface area contributed by atoms with Crippen molar-refractivity contribution < 1.29 is 22.6 Å². The van der Waals surface area contributed by atoms with Gasteiger partial charge in [0.05, 0.1) is 6.10 Å². The minimum atomic E-state index is -3.24. The van der Waals surface area contributed by atoms with Crippen LogP contribution in [0.25, 0.3) is 0 Å². The first kappa shape index (κ1) is 24.7. The number of anilines is 1. The molecule has 2 aliphatic heterocycles. The molecule has 9 nitrogen and oxygen atoms in total. The van der Waals surface area contributed by atoms with E-state index < -0.39 is 30.4 Å². The maximum atomic E-state index is 14.7. The predicted molar refractivity (Wildman–Crippen MR) is 122 cm³/mol. The van der Waals surface area contributed by atoms with Crippen LogP contribution in [0.15, 0.2) is 52.6 Å². The van der Waals surface area contributed by atoms with Gasteiger partial charge in [-0.05, 0) is 30.2 Å². The summed E-state index contributed by atoms with van der Waals surface area (Å²) in [5.41, 5.74) is 6.74. The summed E-state index contributed by atoms with van der Waals surface area (Å²) in [6.07, 6.45) is -1.44. The fraction of sp³-hybridized carbons (Fsp3) is 0.435. The van der Waals surface area contributed by atoms with Gasteiger partial charge in [-0.25, -0.2) is 18.0 Å². The first-order valence-corrected chi connectivity index (χ1v) is 11.1. The van der Waals surface area contributed by atoms with Crippen LogP contribution in [0, 0.1) is 11.2 Å². The van der Waals surface area contributed by atoms with Gasteiger partial charge in [-0.15, -0.1) is 0 Å². The maximum Gasteiger partial charge on any atom is 0.351 e. The van der Waals surface area contributed by atoms with Crippen LogP contribution >= 0.6 is 0 Å². The van der Waals surface area contributed by atoms with Gasteiger partial charge in [0.25, 0.3) is 5.92 Å². The van der Waals surface area contributed by atoms with Crippen LogP contribution in [0.3, 0.4) is 0 Å². The zero-order valence-electron chi connectivity index (χ0n) is 19.1. The number of benzene rings is 1. The lowest BCUT2D eigenvalue weighted by atomic mass is 10.0. The molecule has 0 aliphatic carbocycles. The molecule has 1 fully saturated rings. The number of nitrogens with one attached hydrogen (secondary N) is 2. The Labute approximate surface area is 199 Å². The van der Waals surface area contributed by atoms with Gasteiger partial charge >= 0.3 is 5.69 Å². The van der Waals surface area contributed by atoms with Crippen molar-refractivity contribution in [1.29, 1.82) is 5.41 Å². The third-order valence-electron chi connectivity index (χ3n) is 6.04. The first-order valence-electron chi connectivity index (χ1n) is 11.1. The van der Waals surface area contributed by atoms with Crippen LogP contribution in [-0.2, 0) is 16.1 Å². The molecule has 35 heavy (non-hydrogen) atoms. The molecule has 188 valence electrons. The Hall–Kier alpha value is -3.38. The third kappa shape index (κ3) is 5.65. The van der Waals surface area contributed by atoms with E-state index in [0.717, 1.165) is 22.0 Å². The van der Waals surface area contributed by atoms with E-state index in [1.165, 1.54) is 18.2 Å². The number of alkyl halides is 2. The summed E-state index contributed by atoms with van der Waals surface area (Å²) in [7, 11) is 1.73. The smallest absolute Gasteiger partial charge is 0.351 e. The van der Waals surface area contributed by atoms with Crippen LogP contribution in [0.2, 0.25) is 0 Å². The molecule has 1 aromatic carbocycles. The molecule has 4 rings (SSSR count). The fourth-order valence-corrected chi connectivity index (χ4v) is 4.28. The summed E-state index contributed by atoms with van der Waals surface area (Å²) < 4.78 is 54.4. The molecule has 12 heteroatoms. The van der Waals surface area contributed by atoms with Gasteiger partial charge in [-0.1, -0.05) is 12.1 Å². The van der Waals surface area contributed by atoms with E-state index in [2.05, 4.69) is 10.3 Å². The van der Waals surface area contributed by atoms with E-state index in [9.17, 15) is 18.0 Å². The van der Waals surface area contributed by atoms with Crippen LogP contribution in [-0.4, -0.2) is 59.1 Å².